The fourth-order valence-electron chi connectivity index (χ4n) is 2.58. The zero-order chi connectivity index (χ0) is 17.4. The molecule has 1 aromatic carbocycles. The summed E-state index contributed by atoms with van der Waals surface area (Å²) in [7, 11) is 1.41. The first-order valence-corrected chi connectivity index (χ1v) is 7.19. The predicted octanol–water partition coefficient (Wildman–Crippen LogP) is 1.87. The van der Waals surface area contributed by atoms with Crippen molar-refractivity contribution in [2.24, 2.45) is 0 Å². The number of hydrogen-bond donors (Lipinski definition) is 1. The van der Waals surface area contributed by atoms with Crippen LogP contribution >= 0.6 is 0 Å². The SMILES string of the molecule is CCC(C(=O)O)N1C(=O)C(C)(C)Oc2c(OC)cc(C=O)cc21. The van der Waals surface area contributed by atoms with Gasteiger partial charge in [-0.25, -0.2) is 4.79 Å². The zero-order valence-corrected chi connectivity index (χ0v) is 13.5. The van der Waals surface area contributed by atoms with E-state index in [-0.39, 0.29) is 29.2 Å². The highest BCUT2D eigenvalue weighted by atomic mass is 16.5. The van der Waals surface area contributed by atoms with E-state index in [2.05, 4.69) is 0 Å². The number of rotatable bonds is 5. The number of aldehydes is 1. The number of carbonyl (C=O) groups excluding carboxylic acids is 2. The van der Waals surface area contributed by atoms with Gasteiger partial charge in [0.2, 0.25) is 0 Å². The lowest BCUT2D eigenvalue weighted by Crippen LogP contribution is -2.57. The molecule has 1 aliphatic rings. The van der Waals surface area contributed by atoms with E-state index >= 15 is 0 Å². The Morgan fingerprint density at radius 2 is 2.13 bits per heavy atom. The van der Waals surface area contributed by atoms with Crippen LogP contribution in [0.3, 0.4) is 0 Å². The molecule has 1 amide bonds. The minimum atomic E-state index is -1.24. The van der Waals surface area contributed by atoms with Crippen molar-refractivity contribution in [3.8, 4) is 11.5 Å². The van der Waals surface area contributed by atoms with Crippen LogP contribution in [0.25, 0.3) is 0 Å². The summed E-state index contributed by atoms with van der Waals surface area (Å²) in [4.78, 5) is 36.6. The van der Waals surface area contributed by atoms with E-state index in [1.807, 2.05) is 0 Å². The summed E-state index contributed by atoms with van der Waals surface area (Å²) in [6.45, 7) is 4.80. The lowest BCUT2D eigenvalue weighted by atomic mass is 9.99. The van der Waals surface area contributed by atoms with Crippen LogP contribution in [-0.4, -0.2) is 42.0 Å². The van der Waals surface area contributed by atoms with Gasteiger partial charge in [-0.2, -0.15) is 0 Å². The first kappa shape index (κ1) is 16.8. The molecular weight excluding hydrogens is 302 g/mol. The lowest BCUT2D eigenvalue weighted by molar-refractivity contribution is -0.143. The first-order valence-electron chi connectivity index (χ1n) is 7.19. The predicted molar refractivity (Wildman–Crippen MR) is 82.3 cm³/mol. The molecule has 7 nitrogen and oxygen atoms in total. The van der Waals surface area contributed by atoms with Gasteiger partial charge >= 0.3 is 5.97 Å². The van der Waals surface area contributed by atoms with E-state index in [9.17, 15) is 19.5 Å². The van der Waals surface area contributed by atoms with Crippen LogP contribution < -0.4 is 14.4 Å². The third-order valence-corrected chi connectivity index (χ3v) is 3.75. The second-order valence-corrected chi connectivity index (χ2v) is 5.74. The van der Waals surface area contributed by atoms with Crippen LogP contribution in [0.15, 0.2) is 12.1 Å². The van der Waals surface area contributed by atoms with Crippen molar-refractivity contribution in [2.45, 2.75) is 38.8 Å². The molecule has 1 heterocycles. The van der Waals surface area contributed by atoms with E-state index in [1.54, 1.807) is 20.8 Å². The van der Waals surface area contributed by atoms with Crippen LogP contribution in [0, 0.1) is 0 Å². The average molecular weight is 321 g/mol. The third kappa shape index (κ3) is 2.74. The molecule has 1 atom stereocenters. The van der Waals surface area contributed by atoms with E-state index in [4.69, 9.17) is 9.47 Å². The topological polar surface area (TPSA) is 93.1 Å². The molecule has 1 aliphatic heterocycles. The number of nitrogens with zero attached hydrogens (tertiary/aromatic N) is 1. The molecule has 1 N–H and O–H groups in total. The number of ether oxygens (including phenoxy) is 2. The van der Waals surface area contributed by atoms with Crippen molar-refractivity contribution >= 4 is 23.9 Å². The number of benzene rings is 1. The highest BCUT2D eigenvalue weighted by Gasteiger charge is 2.46. The Labute approximate surface area is 133 Å². The number of carboxylic acids is 1. The second-order valence-electron chi connectivity index (χ2n) is 5.74. The molecule has 1 aromatic rings. The van der Waals surface area contributed by atoms with Gasteiger partial charge in [-0.05, 0) is 32.4 Å². The summed E-state index contributed by atoms with van der Waals surface area (Å²) < 4.78 is 11.0. The molecule has 7 heteroatoms. The molecule has 124 valence electrons. The van der Waals surface area contributed by atoms with Gasteiger partial charge < -0.3 is 14.6 Å². The number of anilines is 1. The quantitative estimate of drug-likeness (QED) is 0.832. The number of hydrogen-bond acceptors (Lipinski definition) is 5. The van der Waals surface area contributed by atoms with E-state index < -0.39 is 23.5 Å². The van der Waals surface area contributed by atoms with Gasteiger partial charge in [-0.15, -0.1) is 0 Å². The highest BCUT2D eigenvalue weighted by molar-refractivity contribution is 6.07. The Morgan fingerprint density at radius 3 is 2.61 bits per heavy atom. The summed E-state index contributed by atoms with van der Waals surface area (Å²) in [5, 5.41) is 9.46. The number of carboxylic acid groups (broad SMARTS) is 1. The molecule has 0 saturated carbocycles. The molecule has 0 aromatic heterocycles. The summed E-state index contributed by atoms with van der Waals surface area (Å²) >= 11 is 0. The van der Waals surface area contributed by atoms with Crippen molar-refractivity contribution in [3.63, 3.8) is 0 Å². The largest absolute Gasteiger partial charge is 0.493 e. The maximum Gasteiger partial charge on any atom is 0.326 e. The number of methoxy groups -OCH3 is 1. The molecule has 2 rings (SSSR count). The standard InChI is InChI=1S/C16H19NO6/c1-5-10(14(19)20)17-11-6-9(8-18)7-12(22-4)13(11)23-16(2,3)15(17)21/h6-8,10H,5H2,1-4H3,(H,19,20). The maximum atomic E-state index is 12.7. The van der Waals surface area contributed by atoms with Crippen molar-refractivity contribution in [3.05, 3.63) is 17.7 Å². The maximum absolute atomic E-state index is 12.7. The molecule has 0 saturated heterocycles. The lowest BCUT2D eigenvalue weighted by Gasteiger charge is -2.41. The van der Waals surface area contributed by atoms with Crippen LogP contribution in [0.4, 0.5) is 5.69 Å². The van der Waals surface area contributed by atoms with Crippen LogP contribution in [0.2, 0.25) is 0 Å². The smallest absolute Gasteiger partial charge is 0.326 e. The fraction of sp³-hybridized carbons (Fsp3) is 0.438. The van der Waals surface area contributed by atoms with Crippen LogP contribution in [0.1, 0.15) is 37.6 Å². The van der Waals surface area contributed by atoms with Gasteiger partial charge in [0.1, 0.15) is 12.3 Å². The van der Waals surface area contributed by atoms with Gasteiger partial charge in [-0.1, -0.05) is 6.92 Å². The molecule has 0 fully saturated rings. The van der Waals surface area contributed by atoms with Gasteiger partial charge in [0, 0.05) is 5.56 Å². The third-order valence-electron chi connectivity index (χ3n) is 3.75. The minimum absolute atomic E-state index is 0.213. The normalized spacial score (nSPS) is 17.0. The van der Waals surface area contributed by atoms with Crippen LogP contribution in [-0.2, 0) is 9.59 Å². The zero-order valence-electron chi connectivity index (χ0n) is 13.5. The molecule has 0 aliphatic carbocycles. The molecular formula is C16H19NO6. The van der Waals surface area contributed by atoms with Crippen molar-refractivity contribution in [1.82, 2.24) is 0 Å². The number of fused-ring (bicyclic) bond motifs is 1. The molecule has 0 bridgehead atoms. The Hall–Kier alpha value is -2.57. The Morgan fingerprint density at radius 1 is 1.48 bits per heavy atom. The molecule has 0 spiro atoms. The summed E-state index contributed by atoms with van der Waals surface area (Å²) in [5.74, 6) is -1.08. The Kier molecular flexibility index (Phi) is 4.31. The fourth-order valence-corrected chi connectivity index (χ4v) is 2.58. The Bertz CT molecular complexity index is 667. The second kappa shape index (κ2) is 5.91. The molecule has 1 unspecified atom stereocenters. The number of amides is 1. The highest BCUT2D eigenvalue weighted by Crippen LogP contribution is 2.46. The van der Waals surface area contributed by atoms with Crippen molar-refractivity contribution < 1.29 is 29.0 Å². The summed E-state index contributed by atoms with van der Waals surface area (Å²) in [5.41, 5.74) is -0.752. The van der Waals surface area contributed by atoms with E-state index in [0.29, 0.717) is 6.29 Å². The van der Waals surface area contributed by atoms with Gasteiger partial charge in [0.25, 0.3) is 5.91 Å². The average Bonchev–Trinajstić information content (AvgIpc) is 2.50. The van der Waals surface area contributed by atoms with Gasteiger partial charge in [-0.3, -0.25) is 14.5 Å². The Balaban J connectivity index is 2.75. The minimum Gasteiger partial charge on any atom is -0.493 e. The van der Waals surface area contributed by atoms with Gasteiger partial charge in [0.15, 0.2) is 17.1 Å². The summed E-state index contributed by atoms with van der Waals surface area (Å²) in [6, 6.07) is 1.86. The monoisotopic (exact) mass is 321 g/mol. The first-order chi connectivity index (χ1) is 10.8. The number of aliphatic carboxylic acids is 1. The van der Waals surface area contributed by atoms with Crippen molar-refractivity contribution in [1.29, 1.82) is 0 Å². The molecule has 0 radical (unpaired) electrons. The van der Waals surface area contributed by atoms with Gasteiger partial charge in [0.05, 0.1) is 12.8 Å². The van der Waals surface area contributed by atoms with Crippen molar-refractivity contribution in [2.75, 3.05) is 12.0 Å². The molecule has 23 heavy (non-hydrogen) atoms. The van der Waals surface area contributed by atoms with E-state index in [0.717, 1.165) is 0 Å². The number of carbonyl (C=O) groups is 3. The van der Waals surface area contributed by atoms with E-state index in [1.165, 1.54) is 24.1 Å². The van der Waals surface area contributed by atoms with Crippen LogP contribution in [0.5, 0.6) is 11.5 Å². The summed E-state index contributed by atoms with van der Waals surface area (Å²) in [6.07, 6.45) is 0.817.